The molecule has 26 heavy (non-hydrogen) atoms. The predicted octanol–water partition coefficient (Wildman–Crippen LogP) is 2.15. The number of carboxylic acid groups (broad SMARTS) is 1. The van der Waals surface area contributed by atoms with E-state index in [9.17, 15) is 18.0 Å². The molecular formula is C18H26N2O5S. The van der Waals surface area contributed by atoms with Crippen molar-refractivity contribution in [1.29, 1.82) is 0 Å². The molecule has 1 amide bonds. The van der Waals surface area contributed by atoms with Crippen molar-refractivity contribution in [2.75, 3.05) is 19.6 Å². The van der Waals surface area contributed by atoms with Crippen molar-refractivity contribution < 1.29 is 23.1 Å². The molecule has 0 saturated carbocycles. The van der Waals surface area contributed by atoms with E-state index in [1.54, 1.807) is 19.1 Å². The van der Waals surface area contributed by atoms with E-state index in [0.29, 0.717) is 43.6 Å². The highest BCUT2D eigenvalue weighted by molar-refractivity contribution is 7.89. The van der Waals surface area contributed by atoms with Gasteiger partial charge in [-0.1, -0.05) is 12.5 Å². The van der Waals surface area contributed by atoms with Crippen LogP contribution in [0.2, 0.25) is 0 Å². The van der Waals surface area contributed by atoms with Crippen molar-refractivity contribution in [2.24, 2.45) is 0 Å². The van der Waals surface area contributed by atoms with Gasteiger partial charge in [0.15, 0.2) is 0 Å². The predicted molar refractivity (Wildman–Crippen MR) is 97.6 cm³/mol. The quantitative estimate of drug-likeness (QED) is 0.637. The molecule has 1 aliphatic heterocycles. The van der Waals surface area contributed by atoms with Gasteiger partial charge in [-0.05, 0) is 50.3 Å². The lowest BCUT2D eigenvalue weighted by Gasteiger charge is -2.17. The monoisotopic (exact) mass is 382 g/mol. The first-order valence-corrected chi connectivity index (χ1v) is 10.4. The van der Waals surface area contributed by atoms with Gasteiger partial charge in [0.25, 0.3) is 5.91 Å². The van der Waals surface area contributed by atoms with Gasteiger partial charge in [0.2, 0.25) is 10.0 Å². The summed E-state index contributed by atoms with van der Waals surface area (Å²) in [5, 5.41) is 11.4. The normalized spacial score (nSPS) is 15.1. The first-order chi connectivity index (χ1) is 12.3. The zero-order valence-electron chi connectivity index (χ0n) is 15.0. The van der Waals surface area contributed by atoms with Crippen molar-refractivity contribution >= 4 is 21.9 Å². The maximum atomic E-state index is 12.7. The summed E-state index contributed by atoms with van der Waals surface area (Å²) in [6.45, 7) is 3.25. The standard InChI is InChI=1S/C18H26N2O5S/c1-14-8-9-15(26(24,25)20-11-5-6-12-20)13-16(14)18(23)19-10-4-2-3-7-17(21)22/h8-9,13H,2-7,10-12H2,1H3,(H,19,23)(H,21,22). The van der Waals surface area contributed by atoms with E-state index in [2.05, 4.69) is 5.32 Å². The molecule has 0 atom stereocenters. The van der Waals surface area contributed by atoms with Crippen LogP contribution >= 0.6 is 0 Å². The summed E-state index contributed by atoms with van der Waals surface area (Å²) in [4.78, 5) is 23.0. The summed E-state index contributed by atoms with van der Waals surface area (Å²) in [6, 6.07) is 4.65. The van der Waals surface area contributed by atoms with E-state index in [1.165, 1.54) is 10.4 Å². The van der Waals surface area contributed by atoms with Gasteiger partial charge in [-0.25, -0.2) is 8.42 Å². The third-order valence-corrected chi connectivity index (χ3v) is 6.40. The van der Waals surface area contributed by atoms with Crippen LogP contribution in [0.5, 0.6) is 0 Å². The zero-order chi connectivity index (χ0) is 19.2. The van der Waals surface area contributed by atoms with E-state index >= 15 is 0 Å². The average molecular weight is 382 g/mol. The number of unbranched alkanes of at least 4 members (excludes halogenated alkanes) is 2. The fourth-order valence-corrected chi connectivity index (χ4v) is 4.50. The molecule has 1 aromatic rings. The summed E-state index contributed by atoms with van der Waals surface area (Å²) in [7, 11) is -3.55. The molecule has 1 aliphatic rings. The fourth-order valence-electron chi connectivity index (χ4n) is 2.96. The van der Waals surface area contributed by atoms with Crippen molar-refractivity contribution in [3.63, 3.8) is 0 Å². The Labute approximate surface area is 154 Å². The number of carbonyl (C=O) groups is 2. The number of carboxylic acids is 1. The number of nitrogens with zero attached hydrogens (tertiary/aromatic N) is 1. The number of aliphatic carboxylic acids is 1. The second kappa shape index (κ2) is 9.14. The molecule has 0 spiro atoms. The van der Waals surface area contributed by atoms with Gasteiger partial charge in [-0.3, -0.25) is 9.59 Å². The lowest BCUT2D eigenvalue weighted by Crippen LogP contribution is -2.29. The van der Waals surface area contributed by atoms with E-state index in [4.69, 9.17) is 5.11 Å². The number of rotatable bonds is 9. The summed E-state index contributed by atoms with van der Waals surface area (Å²) >= 11 is 0. The number of hydrogen-bond acceptors (Lipinski definition) is 4. The number of nitrogens with one attached hydrogen (secondary N) is 1. The van der Waals surface area contributed by atoms with Gasteiger partial charge in [0, 0.05) is 31.6 Å². The van der Waals surface area contributed by atoms with Gasteiger partial charge in [0.05, 0.1) is 4.90 Å². The van der Waals surface area contributed by atoms with Crippen LogP contribution < -0.4 is 5.32 Å². The average Bonchev–Trinajstić information content (AvgIpc) is 3.13. The molecule has 0 radical (unpaired) electrons. The second-order valence-electron chi connectivity index (χ2n) is 6.55. The summed E-state index contributed by atoms with van der Waals surface area (Å²) in [6.07, 6.45) is 3.83. The zero-order valence-corrected chi connectivity index (χ0v) is 15.8. The molecular weight excluding hydrogens is 356 g/mol. The molecule has 1 saturated heterocycles. The third kappa shape index (κ3) is 5.28. The molecule has 144 valence electrons. The van der Waals surface area contributed by atoms with Gasteiger partial charge in [0.1, 0.15) is 0 Å². The number of benzene rings is 1. The maximum absolute atomic E-state index is 12.7. The number of sulfonamides is 1. The maximum Gasteiger partial charge on any atom is 0.303 e. The summed E-state index contributed by atoms with van der Waals surface area (Å²) < 4.78 is 26.8. The smallest absolute Gasteiger partial charge is 0.303 e. The van der Waals surface area contributed by atoms with Crippen molar-refractivity contribution in [1.82, 2.24) is 9.62 Å². The highest BCUT2D eigenvalue weighted by Crippen LogP contribution is 2.23. The van der Waals surface area contributed by atoms with Crippen LogP contribution in [-0.4, -0.2) is 49.3 Å². The molecule has 1 aromatic carbocycles. The molecule has 1 heterocycles. The molecule has 0 bridgehead atoms. The lowest BCUT2D eigenvalue weighted by molar-refractivity contribution is -0.137. The first kappa shape index (κ1) is 20.4. The van der Waals surface area contributed by atoms with Gasteiger partial charge < -0.3 is 10.4 Å². The van der Waals surface area contributed by atoms with Crippen molar-refractivity contribution in [3.05, 3.63) is 29.3 Å². The Morgan fingerprint density at radius 1 is 1.15 bits per heavy atom. The van der Waals surface area contributed by atoms with E-state index in [1.807, 2.05) is 0 Å². The lowest BCUT2D eigenvalue weighted by atomic mass is 10.1. The van der Waals surface area contributed by atoms with Crippen LogP contribution in [0.25, 0.3) is 0 Å². The minimum Gasteiger partial charge on any atom is -0.481 e. The largest absolute Gasteiger partial charge is 0.481 e. The SMILES string of the molecule is Cc1ccc(S(=O)(=O)N2CCCC2)cc1C(=O)NCCCCCC(=O)O. The van der Waals surface area contributed by atoms with Crippen molar-refractivity contribution in [2.45, 2.75) is 50.3 Å². The van der Waals surface area contributed by atoms with Crippen LogP contribution in [0, 0.1) is 6.92 Å². The topological polar surface area (TPSA) is 104 Å². The number of carbonyl (C=O) groups excluding carboxylic acids is 1. The fraction of sp³-hybridized carbons (Fsp3) is 0.556. The van der Waals surface area contributed by atoms with Gasteiger partial charge in [-0.15, -0.1) is 0 Å². The van der Waals surface area contributed by atoms with Crippen LogP contribution in [0.15, 0.2) is 23.1 Å². The van der Waals surface area contributed by atoms with Crippen LogP contribution in [0.3, 0.4) is 0 Å². The second-order valence-corrected chi connectivity index (χ2v) is 8.49. The Bertz CT molecular complexity index is 755. The molecule has 2 rings (SSSR count). The molecule has 7 nitrogen and oxygen atoms in total. The van der Waals surface area contributed by atoms with Crippen molar-refractivity contribution in [3.8, 4) is 0 Å². The first-order valence-electron chi connectivity index (χ1n) is 8.93. The number of hydrogen-bond donors (Lipinski definition) is 2. The number of aryl methyl sites for hydroxylation is 1. The van der Waals surface area contributed by atoms with Crippen LogP contribution in [-0.2, 0) is 14.8 Å². The minimum atomic E-state index is -3.55. The van der Waals surface area contributed by atoms with E-state index in [-0.39, 0.29) is 17.2 Å². The van der Waals surface area contributed by atoms with Gasteiger partial charge >= 0.3 is 5.97 Å². The van der Waals surface area contributed by atoms with E-state index in [0.717, 1.165) is 19.3 Å². The summed E-state index contributed by atoms with van der Waals surface area (Å²) in [5.74, 6) is -1.13. The molecule has 8 heteroatoms. The summed E-state index contributed by atoms with van der Waals surface area (Å²) in [5.41, 5.74) is 1.07. The Balaban J connectivity index is 1.98. The Morgan fingerprint density at radius 3 is 2.50 bits per heavy atom. The van der Waals surface area contributed by atoms with Gasteiger partial charge in [-0.2, -0.15) is 4.31 Å². The molecule has 2 N–H and O–H groups in total. The highest BCUT2D eigenvalue weighted by atomic mass is 32.2. The minimum absolute atomic E-state index is 0.128. The molecule has 0 unspecified atom stereocenters. The Morgan fingerprint density at radius 2 is 1.85 bits per heavy atom. The van der Waals surface area contributed by atoms with E-state index < -0.39 is 16.0 Å². The molecule has 0 aromatic heterocycles. The third-order valence-electron chi connectivity index (χ3n) is 4.51. The highest BCUT2D eigenvalue weighted by Gasteiger charge is 2.28. The van der Waals surface area contributed by atoms with Crippen LogP contribution in [0.4, 0.5) is 0 Å². The molecule has 1 fully saturated rings. The Hall–Kier alpha value is -1.93. The molecule has 0 aliphatic carbocycles. The Kier molecular flexibility index (Phi) is 7.16. The number of amides is 1. The van der Waals surface area contributed by atoms with Crippen LogP contribution in [0.1, 0.15) is 54.4 Å².